The molecule has 0 saturated heterocycles. The molecule has 2 aliphatic carbocycles. The summed E-state index contributed by atoms with van der Waals surface area (Å²) in [5, 5.41) is 3.15. The summed E-state index contributed by atoms with van der Waals surface area (Å²) in [5.41, 5.74) is 7.13. The van der Waals surface area contributed by atoms with Gasteiger partial charge in [-0.3, -0.25) is 4.79 Å². The van der Waals surface area contributed by atoms with Crippen molar-refractivity contribution in [1.82, 2.24) is 5.32 Å². The van der Waals surface area contributed by atoms with Crippen LogP contribution >= 0.6 is 12.4 Å². The maximum absolute atomic E-state index is 13.3. The van der Waals surface area contributed by atoms with Gasteiger partial charge < -0.3 is 30.0 Å². The van der Waals surface area contributed by atoms with Crippen LogP contribution < -0.4 is 30.0 Å². The highest BCUT2D eigenvalue weighted by molar-refractivity contribution is 5.99. The lowest BCUT2D eigenvalue weighted by atomic mass is 9.92. The first kappa shape index (κ1) is 27.0. The fourth-order valence-corrected chi connectivity index (χ4v) is 5.70. The largest absolute Gasteiger partial charge is 0.492 e. The smallest absolute Gasteiger partial charge is 0.255 e. The summed E-state index contributed by atoms with van der Waals surface area (Å²) in [5.74, 6) is 3.95. The molecule has 192 valence electrons. The third-order valence-electron chi connectivity index (χ3n) is 7.35. The zero-order chi connectivity index (χ0) is 24.1. The minimum absolute atomic E-state index is 0. The summed E-state index contributed by atoms with van der Waals surface area (Å²) in [6, 6.07) is 9.36. The lowest BCUT2D eigenvalue weighted by Gasteiger charge is -2.21. The van der Waals surface area contributed by atoms with Gasteiger partial charge in [0.15, 0.2) is 11.5 Å². The summed E-state index contributed by atoms with van der Waals surface area (Å²) < 4.78 is 22.9. The molecule has 0 aliphatic heterocycles. The number of nitrogens with two attached hydrogens (primary N) is 1. The molecule has 7 nitrogen and oxygen atoms in total. The van der Waals surface area contributed by atoms with Crippen molar-refractivity contribution in [3.05, 3.63) is 41.5 Å². The van der Waals surface area contributed by atoms with Gasteiger partial charge in [0.05, 0.1) is 26.9 Å². The minimum Gasteiger partial charge on any atom is -0.492 e. The van der Waals surface area contributed by atoms with Gasteiger partial charge in [0, 0.05) is 12.6 Å². The van der Waals surface area contributed by atoms with Crippen LogP contribution in [0.15, 0.2) is 30.3 Å². The van der Waals surface area contributed by atoms with E-state index < -0.39 is 0 Å². The highest BCUT2D eigenvalue weighted by Gasteiger charge is 2.39. The molecule has 3 atom stereocenters. The molecule has 2 aromatic carbocycles. The number of rotatable bonds is 10. The van der Waals surface area contributed by atoms with Gasteiger partial charge in [-0.2, -0.15) is 0 Å². The van der Waals surface area contributed by atoms with Crippen molar-refractivity contribution in [1.29, 1.82) is 0 Å². The predicted octanol–water partition coefficient (Wildman–Crippen LogP) is 4.98. The van der Waals surface area contributed by atoms with Gasteiger partial charge in [0.2, 0.25) is 11.5 Å². The Morgan fingerprint density at radius 3 is 2.34 bits per heavy atom. The van der Waals surface area contributed by atoms with Crippen molar-refractivity contribution < 1.29 is 23.7 Å². The maximum atomic E-state index is 13.3. The molecule has 3 N–H and O–H groups in total. The number of methoxy groups -OCH3 is 3. The summed E-state index contributed by atoms with van der Waals surface area (Å²) in [7, 11) is 4.57. The Bertz CT molecular complexity index is 998. The first-order chi connectivity index (χ1) is 16.6. The molecule has 35 heavy (non-hydrogen) atoms. The second kappa shape index (κ2) is 12.4. The van der Waals surface area contributed by atoms with E-state index in [0.717, 1.165) is 23.8 Å². The van der Waals surface area contributed by atoms with Gasteiger partial charge in [-0.25, -0.2) is 0 Å². The number of ether oxygens (including phenoxy) is 4. The molecule has 0 aromatic heterocycles. The normalized spacial score (nSPS) is 20.5. The van der Waals surface area contributed by atoms with Crippen LogP contribution in [0, 0.1) is 17.8 Å². The first-order valence-corrected chi connectivity index (χ1v) is 12.2. The Labute approximate surface area is 214 Å². The molecule has 0 radical (unpaired) electrons. The fourth-order valence-electron chi connectivity index (χ4n) is 5.70. The van der Waals surface area contributed by atoms with Crippen LogP contribution in [0.2, 0.25) is 0 Å². The van der Waals surface area contributed by atoms with Crippen molar-refractivity contribution in [2.24, 2.45) is 23.5 Å². The van der Waals surface area contributed by atoms with E-state index in [0.29, 0.717) is 53.3 Å². The summed E-state index contributed by atoms with van der Waals surface area (Å²) >= 11 is 0. The Morgan fingerprint density at radius 2 is 1.69 bits per heavy atom. The van der Waals surface area contributed by atoms with Crippen molar-refractivity contribution in [2.75, 3.05) is 34.4 Å². The summed E-state index contributed by atoms with van der Waals surface area (Å²) in [6.07, 6.45) is 7.21. The Kier molecular flexibility index (Phi) is 9.52. The zero-order valence-corrected chi connectivity index (χ0v) is 21.6. The number of halogens is 1. The lowest BCUT2D eigenvalue weighted by molar-refractivity contribution is 0.0939. The molecule has 4 rings (SSSR count). The van der Waals surface area contributed by atoms with Gasteiger partial charge in [-0.1, -0.05) is 25.0 Å². The van der Waals surface area contributed by atoms with Crippen molar-refractivity contribution in [3.63, 3.8) is 0 Å². The minimum atomic E-state index is -0.206. The standard InChI is InChI=1S/C27H36N2O5.ClH/c1-31-24-22(27(30)29-16-19-10-9-18-5-4-6-21(18)19)15-23(25(32-2)26(24)33-3)34-20-11-7-17(8-12-20)13-14-28;/h7-8,11-12,15,18-19,21H,4-6,9-10,13-14,16,28H2,1-3H3,(H,29,30);1H/t18-,19+,21-;/m0./s1. The Hall–Kier alpha value is -2.64. The molecule has 0 bridgehead atoms. The van der Waals surface area contributed by atoms with Crippen LogP contribution in [0.1, 0.15) is 48.0 Å². The predicted molar refractivity (Wildman–Crippen MR) is 139 cm³/mol. The molecule has 2 aliphatic rings. The monoisotopic (exact) mass is 504 g/mol. The number of amides is 1. The SMILES string of the molecule is COc1c(Oc2ccc(CCN)cc2)cc(C(=O)NC[C@H]2CC[C@@H]3CCC[C@@H]32)c(OC)c1OC.Cl. The number of carbonyl (C=O) groups excluding carboxylic acids is 1. The van der Waals surface area contributed by atoms with Crippen LogP contribution in [0.25, 0.3) is 0 Å². The van der Waals surface area contributed by atoms with E-state index in [-0.39, 0.29) is 18.3 Å². The van der Waals surface area contributed by atoms with E-state index in [1.54, 1.807) is 6.07 Å². The number of benzene rings is 2. The Balaban J connectivity index is 0.00000342. The van der Waals surface area contributed by atoms with Gasteiger partial charge in [-0.15, -0.1) is 12.4 Å². The molecular formula is C27H37ClN2O5. The number of fused-ring (bicyclic) bond motifs is 1. The first-order valence-electron chi connectivity index (χ1n) is 12.2. The van der Waals surface area contributed by atoms with E-state index in [9.17, 15) is 4.79 Å². The van der Waals surface area contributed by atoms with Crippen LogP contribution in [-0.2, 0) is 6.42 Å². The van der Waals surface area contributed by atoms with Crippen molar-refractivity contribution >= 4 is 18.3 Å². The maximum Gasteiger partial charge on any atom is 0.255 e. The zero-order valence-electron chi connectivity index (χ0n) is 20.8. The molecule has 2 fully saturated rings. The van der Waals surface area contributed by atoms with E-state index in [2.05, 4.69) is 5.32 Å². The topological polar surface area (TPSA) is 92.0 Å². The molecule has 8 heteroatoms. The molecule has 0 unspecified atom stereocenters. The van der Waals surface area contributed by atoms with Crippen LogP contribution in [-0.4, -0.2) is 40.3 Å². The van der Waals surface area contributed by atoms with Crippen LogP contribution in [0.5, 0.6) is 28.7 Å². The fraction of sp³-hybridized carbons (Fsp3) is 0.519. The molecule has 0 spiro atoms. The van der Waals surface area contributed by atoms with Gasteiger partial charge in [0.1, 0.15) is 5.75 Å². The third-order valence-corrected chi connectivity index (χ3v) is 7.35. The number of carbonyl (C=O) groups is 1. The molecule has 2 saturated carbocycles. The van der Waals surface area contributed by atoms with E-state index in [1.807, 2.05) is 24.3 Å². The lowest BCUT2D eigenvalue weighted by Crippen LogP contribution is -2.31. The van der Waals surface area contributed by atoms with Crippen LogP contribution in [0.4, 0.5) is 0 Å². The quantitative estimate of drug-likeness (QED) is 0.474. The molecule has 0 heterocycles. The average molecular weight is 505 g/mol. The average Bonchev–Trinajstić information content (AvgIpc) is 3.47. The molecule has 2 aromatic rings. The summed E-state index contributed by atoms with van der Waals surface area (Å²) in [4.78, 5) is 13.3. The van der Waals surface area contributed by atoms with Gasteiger partial charge in [0.25, 0.3) is 5.91 Å². The van der Waals surface area contributed by atoms with E-state index >= 15 is 0 Å². The van der Waals surface area contributed by atoms with Gasteiger partial charge >= 0.3 is 0 Å². The number of hydrogen-bond acceptors (Lipinski definition) is 6. The molecular weight excluding hydrogens is 468 g/mol. The van der Waals surface area contributed by atoms with Crippen molar-refractivity contribution in [3.8, 4) is 28.7 Å². The van der Waals surface area contributed by atoms with E-state index in [1.165, 1.54) is 53.4 Å². The number of nitrogens with one attached hydrogen (secondary N) is 1. The number of hydrogen-bond donors (Lipinski definition) is 2. The van der Waals surface area contributed by atoms with Crippen LogP contribution in [0.3, 0.4) is 0 Å². The van der Waals surface area contributed by atoms with Gasteiger partial charge in [-0.05, 0) is 67.7 Å². The molecule has 1 amide bonds. The highest BCUT2D eigenvalue weighted by atomic mass is 35.5. The Morgan fingerprint density at radius 1 is 0.971 bits per heavy atom. The second-order valence-corrected chi connectivity index (χ2v) is 9.21. The second-order valence-electron chi connectivity index (χ2n) is 9.21. The third kappa shape index (κ3) is 5.78. The highest BCUT2D eigenvalue weighted by Crippen LogP contribution is 2.49. The van der Waals surface area contributed by atoms with Crippen molar-refractivity contribution in [2.45, 2.75) is 38.5 Å². The van der Waals surface area contributed by atoms with E-state index in [4.69, 9.17) is 24.7 Å². The summed E-state index contributed by atoms with van der Waals surface area (Å²) in [6.45, 7) is 1.26.